The standard InChI is InChI=1S/C14H12N2O2/c1-8-3-4-11-13(6-15-14(11)16-8)12-5-10(7-17)18-9(12)2/h3-7H,1-2H3,(H,15,16). The highest BCUT2D eigenvalue weighted by atomic mass is 16.3. The van der Waals surface area contributed by atoms with Crippen molar-refractivity contribution in [3.8, 4) is 11.1 Å². The number of aromatic nitrogens is 2. The number of furan rings is 1. The maximum Gasteiger partial charge on any atom is 0.185 e. The average Bonchev–Trinajstić information content (AvgIpc) is 2.91. The van der Waals surface area contributed by atoms with Crippen molar-refractivity contribution in [2.24, 2.45) is 0 Å². The fourth-order valence-corrected chi connectivity index (χ4v) is 2.16. The second kappa shape index (κ2) is 3.84. The van der Waals surface area contributed by atoms with Crippen molar-refractivity contribution in [2.45, 2.75) is 13.8 Å². The van der Waals surface area contributed by atoms with Crippen LogP contribution >= 0.6 is 0 Å². The molecule has 0 aliphatic rings. The van der Waals surface area contributed by atoms with Crippen LogP contribution in [0, 0.1) is 13.8 Å². The van der Waals surface area contributed by atoms with Crippen molar-refractivity contribution in [1.29, 1.82) is 0 Å². The highest BCUT2D eigenvalue weighted by Gasteiger charge is 2.13. The molecule has 0 bridgehead atoms. The average molecular weight is 240 g/mol. The first-order valence-corrected chi connectivity index (χ1v) is 5.70. The Morgan fingerprint density at radius 2 is 2.11 bits per heavy atom. The number of aromatic amines is 1. The predicted octanol–water partition coefficient (Wildman–Crippen LogP) is 3.25. The molecule has 3 heterocycles. The molecule has 3 rings (SSSR count). The van der Waals surface area contributed by atoms with E-state index < -0.39 is 0 Å². The van der Waals surface area contributed by atoms with Crippen molar-refractivity contribution in [3.05, 3.63) is 41.6 Å². The molecule has 0 aliphatic carbocycles. The fourth-order valence-electron chi connectivity index (χ4n) is 2.16. The molecule has 0 fully saturated rings. The van der Waals surface area contributed by atoms with Gasteiger partial charge in [-0.3, -0.25) is 4.79 Å². The third-order valence-electron chi connectivity index (χ3n) is 3.02. The number of H-pyrrole nitrogens is 1. The minimum absolute atomic E-state index is 0.344. The van der Waals surface area contributed by atoms with Crippen LogP contribution in [0.3, 0.4) is 0 Å². The number of fused-ring (bicyclic) bond motifs is 1. The molecule has 0 aromatic carbocycles. The molecule has 0 saturated heterocycles. The van der Waals surface area contributed by atoms with E-state index in [1.165, 1.54) is 0 Å². The van der Waals surface area contributed by atoms with Gasteiger partial charge in [-0.15, -0.1) is 0 Å². The molecule has 0 aliphatic heterocycles. The summed E-state index contributed by atoms with van der Waals surface area (Å²) in [5, 5.41) is 1.03. The molecule has 1 N–H and O–H groups in total. The highest BCUT2D eigenvalue weighted by molar-refractivity contribution is 5.95. The predicted molar refractivity (Wildman–Crippen MR) is 68.7 cm³/mol. The van der Waals surface area contributed by atoms with Gasteiger partial charge in [0, 0.05) is 28.4 Å². The van der Waals surface area contributed by atoms with Crippen LogP contribution in [-0.2, 0) is 0 Å². The van der Waals surface area contributed by atoms with Crippen LogP contribution in [0.1, 0.15) is 22.0 Å². The van der Waals surface area contributed by atoms with Gasteiger partial charge in [-0.1, -0.05) is 0 Å². The van der Waals surface area contributed by atoms with E-state index in [0.717, 1.165) is 33.6 Å². The molecule has 90 valence electrons. The van der Waals surface area contributed by atoms with Gasteiger partial charge in [0.2, 0.25) is 0 Å². The number of aldehydes is 1. The van der Waals surface area contributed by atoms with Crippen molar-refractivity contribution >= 4 is 17.3 Å². The Balaban J connectivity index is 2.25. The number of carbonyl (C=O) groups is 1. The molecular weight excluding hydrogens is 228 g/mol. The summed E-state index contributed by atoms with van der Waals surface area (Å²) in [4.78, 5) is 18.3. The van der Waals surface area contributed by atoms with Gasteiger partial charge in [0.1, 0.15) is 11.4 Å². The molecule has 3 aromatic rings. The maximum atomic E-state index is 10.7. The molecule has 18 heavy (non-hydrogen) atoms. The summed E-state index contributed by atoms with van der Waals surface area (Å²) in [6, 6.07) is 5.75. The zero-order chi connectivity index (χ0) is 12.7. The van der Waals surface area contributed by atoms with E-state index in [1.807, 2.05) is 32.2 Å². The zero-order valence-corrected chi connectivity index (χ0v) is 10.2. The fraction of sp³-hybridized carbons (Fsp3) is 0.143. The van der Waals surface area contributed by atoms with Gasteiger partial charge in [0.15, 0.2) is 12.0 Å². The van der Waals surface area contributed by atoms with Gasteiger partial charge in [-0.25, -0.2) is 4.98 Å². The molecule has 0 spiro atoms. The van der Waals surface area contributed by atoms with Crippen LogP contribution in [0.25, 0.3) is 22.2 Å². The van der Waals surface area contributed by atoms with Crippen molar-refractivity contribution in [2.75, 3.05) is 0 Å². The lowest BCUT2D eigenvalue weighted by molar-refractivity contribution is 0.109. The van der Waals surface area contributed by atoms with Gasteiger partial charge in [0.05, 0.1) is 0 Å². The molecule has 0 radical (unpaired) electrons. The van der Waals surface area contributed by atoms with Gasteiger partial charge in [-0.2, -0.15) is 0 Å². The molecular formula is C14H12N2O2. The Morgan fingerprint density at radius 1 is 1.28 bits per heavy atom. The van der Waals surface area contributed by atoms with Crippen LogP contribution in [0.15, 0.2) is 28.8 Å². The number of nitrogens with zero attached hydrogens (tertiary/aromatic N) is 1. The lowest BCUT2D eigenvalue weighted by atomic mass is 10.1. The first kappa shape index (κ1) is 10.8. The summed E-state index contributed by atoms with van der Waals surface area (Å²) < 4.78 is 5.36. The van der Waals surface area contributed by atoms with E-state index in [1.54, 1.807) is 6.07 Å². The van der Waals surface area contributed by atoms with Crippen LogP contribution < -0.4 is 0 Å². The molecule has 0 unspecified atom stereocenters. The van der Waals surface area contributed by atoms with Crippen LogP contribution in [0.2, 0.25) is 0 Å². The van der Waals surface area contributed by atoms with E-state index >= 15 is 0 Å². The number of pyridine rings is 1. The first-order chi connectivity index (χ1) is 8.69. The normalized spacial score (nSPS) is 11.0. The monoisotopic (exact) mass is 240 g/mol. The molecule has 3 aromatic heterocycles. The quantitative estimate of drug-likeness (QED) is 0.699. The van der Waals surface area contributed by atoms with Crippen molar-refractivity contribution < 1.29 is 9.21 Å². The van der Waals surface area contributed by atoms with E-state index in [4.69, 9.17) is 4.42 Å². The third-order valence-corrected chi connectivity index (χ3v) is 3.02. The Bertz CT molecular complexity index is 737. The van der Waals surface area contributed by atoms with Gasteiger partial charge < -0.3 is 9.40 Å². The Kier molecular flexibility index (Phi) is 2.30. The lowest BCUT2D eigenvalue weighted by Gasteiger charge is -1.97. The van der Waals surface area contributed by atoms with E-state index in [-0.39, 0.29) is 0 Å². The van der Waals surface area contributed by atoms with Crippen LogP contribution in [-0.4, -0.2) is 16.3 Å². The Labute approximate surface area is 104 Å². The molecule has 4 heteroatoms. The molecule has 0 saturated carbocycles. The molecule has 0 amide bonds. The smallest absolute Gasteiger partial charge is 0.185 e. The second-order valence-corrected chi connectivity index (χ2v) is 4.29. The minimum Gasteiger partial charge on any atom is -0.458 e. The van der Waals surface area contributed by atoms with E-state index in [0.29, 0.717) is 12.0 Å². The van der Waals surface area contributed by atoms with E-state index in [2.05, 4.69) is 9.97 Å². The van der Waals surface area contributed by atoms with Crippen molar-refractivity contribution in [3.63, 3.8) is 0 Å². The van der Waals surface area contributed by atoms with Gasteiger partial charge in [0.25, 0.3) is 0 Å². The highest BCUT2D eigenvalue weighted by Crippen LogP contribution is 2.32. The summed E-state index contributed by atoms with van der Waals surface area (Å²) in [5.74, 6) is 1.08. The van der Waals surface area contributed by atoms with Crippen molar-refractivity contribution in [1.82, 2.24) is 9.97 Å². The number of aryl methyl sites for hydroxylation is 2. The molecule has 0 atom stereocenters. The largest absolute Gasteiger partial charge is 0.458 e. The number of carbonyl (C=O) groups excluding carboxylic acids is 1. The zero-order valence-electron chi connectivity index (χ0n) is 10.2. The van der Waals surface area contributed by atoms with Gasteiger partial charge in [-0.05, 0) is 32.0 Å². The Hall–Kier alpha value is -2.36. The minimum atomic E-state index is 0.344. The molecule has 4 nitrogen and oxygen atoms in total. The van der Waals surface area contributed by atoms with Gasteiger partial charge >= 0.3 is 0 Å². The number of nitrogens with one attached hydrogen (secondary N) is 1. The SMILES string of the molecule is Cc1ccc2c(-c3cc(C=O)oc3C)c[nH]c2n1. The summed E-state index contributed by atoms with van der Waals surface area (Å²) in [6.07, 6.45) is 2.61. The third kappa shape index (κ3) is 1.54. The number of rotatable bonds is 2. The summed E-state index contributed by atoms with van der Waals surface area (Å²) in [5.41, 5.74) is 3.74. The summed E-state index contributed by atoms with van der Waals surface area (Å²) in [6.45, 7) is 3.80. The maximum absolute atomic E-state index is 10.7. The van der Waals surface area contributed by atoms with Crippen LogP contribution in [0.4, 0.5) is 0 Å². The summed E-state index contributed by atoms with van der Waals surface area (Å²) in [7, 11) is 0. The number of hydrogen-bond acceptors (Lipinski definition) is 3. The lowest BCUT2D eigenvalue weighted by Crippen LogP contribution is -1.81. The second-order valence-electron chi connectivity index (χ2n) is 4.29. The number of hydrogen-bond donors (Lipinski definition) is 1. The topological polar surface area (TPSA) is 58.9 Å². The van der Waals surface area contributed by atoms with E-state index in [9.17, 15) is 4.79 Å². The first-order valence-electron chi connectivity index (χ1n) is 5.70. The summed E-state index contributed by atoms with van der Waals surface area (Å²) >= 11 is 0. The van der Waals surface area contributed by atoms with Crippen LogP contribution in [0.5, 0.6) is 0 Å². The Morgan fingerprint density at radius 3 is 2.83 bits per heavy atom.